The van der Waals surface area contributed by atoms with Crippen molar-refractivity contribution < 1.29 is 14.3 Å². The van der Waals surface area contributed by atoms with Crippen LogP contribution in [0, 0.1) is 0 Å². The van der Waals surface area contributed by atoms with E-state index in [9.17, 15) is 9.90 Å². The first kappa shape index (κ1) is 18.2. The number of β-amino-alcohol motifs (C(OH)–C–C–N with tert-alkyl or cyclic N) is 1. The summed E-state index contributed by atoms with van der Waals surface area (Å²) in [6, 6.07) is 3.69. The van der Waals surface area contributed by atoms with Crippen molar-refractivity contribution in [2.45, 2.75) is 31.9 Å². The number of amides is 1. The van der Waals surface area contributed by atoms with Crippen molar-refractivity contribution in [1.82, 2.24) is 15.3 Å². The summed E-state index contributed by atoms with van der Waals surface area (Å²) in [5.74, 6) is 1.53. The molecule has 0 spiro atoms. The average Bonchev–Trinajstić information content (AvgIpc) is 3.28. The fourth-order valence-corrected chi connectivity index (χ4v) is 3.10. The number of anilines is 2. The molecule has 0 aromatic carbocycles. The van der Waals surface area contributed by atoms with Crippen molar-refractivity contribution in [2.75, 3.05) is 36.5 Å². The van der Waals surface area contributed by atoms with Gasteiger partial charge in [0, 0.05) is 32.7 Å². The lowest BCUT2D eigenvalue weighted by Crippen LogP contribution is -2.41. The van der Waals surface area contributed by atoms with Gasteiger partial charge in [0.05, 0.1) is 31.1 Å². The second kappa shape index (κ2) is 8.18. The van der Waals surface area contributed by atoms with Gasteiger partial charge in [-0.25, -0.2) is 9.97 Å². The minimum absolute atomic E-state index is 0.00650. The predicted octanol–water partition coefficient (Wildman–Crippen LogP) is 0.824. The van der Waals surface area contributed by atoms with Crippen LogP contribution in [0.15, 0.2) is 35.4 Å². The van der Waals surface area contributed by atoms with Gasteiger partial charge in [-0.2, -0.15) is 0 Å². The van der Waals surface area contributed by atoms with Crippen LogP contribution < -0.4 is 15.1 Å². The van der Waals surface area contributed by atoms with Crippen molar-refractivity contribution >= 4 is 17.5 Å². The van der Waals surface area contributed by atoms with Crippen molar-refractivity contribution in [3.05, 3.63) is 36.5 Å². The summed E-state index contributed by atoms with van der Waals surface area (Å²) in [7, 11) is 1.97. The molecule has 1 aliphatic rings. The fraction of sp³-hybridized carbons (Fsp3) is 0.500. The monoisotopic (exact) mass is 359 g/mol. The number of carbonyl (C=O) groups is 1. The molecular formula is C18H25N5O3. The molecule has 1 saturated heterocycles. The largest absolute Gasteiger partial charge is 0.472 e. The highest BCUT2D eigenvalue weighted by Gasteiger charge is 2.32. The smallest absolute Gasteiger partial charge is 0.224 e. The van der Waals surface area contributed by atoms with Crippen LogP contribution in [0.25, 0.3) is 0 Å². The predicted molar refractivity (Wildman–Crippen MR) is 98.2 cm³/mol. The average molecular weight is 359 g/mol. The molecule has 0 radical (unpaired) electrons. The van der Waals surface area contributed by atoms with E-state index in [1.807, 2.05) is 22.9 Å². The van der Waals surface area contributed by atoms with Gasteiger partial charge in [0.1, 0.15) is 18.0 Å². The highest BCUT2D eigenvalue weighted by molar-refractivity contribution is 5.78. The Morgan fingerprint density at radius 1 is 1.50 bits per heavy atom. The van der Waals surface area contributed by atoms with Crippen molar-refractivity contribution in [1.29, 1.82) is 0 Å². The zero-order valence-corrected chi connectivity index (χ0v) is 15.1. The van der Waals surface area contributed by atoms with Crippen molar-refractivity contribution in [2.24, 2.45) is 0 Å². The second-order valence-corrected chi connectivity index (χ2v) is 6.56. The number of nitrogens with one attached hydrogen (secondary N) is 1. The summed E-state index contributed by atoms with van der Waals surface area (Å²) < 4.78 is 4.98. The summed E-state index contributed by atoms with van der Waals surface area (Å²) >= 11 is 0. The summed E-state index contributed by atoms with van der Waals surface area (Å²) in [4.78, 5) is 24.8. The van der Waals surface area contributed by atoms with Gasteiger partial charge in [0.2, 0.25) is 5.91 Å². The zero-order chi connectivity index (χ0) is 18.5. The van der Waals surface area contributed by atoms with E-state index >= 15 is 0 Å². The van der Waals surface area contributed by atoms with Gasteiger partial charge in [-0.3, -0.25) is 4.79 Å². The molecule has 140 valence electrons. The molecule has 1 aliphatic heterocycles. The van der Waals surface area contributed by atoms with Crippen molar-refractivity contribution in [3.8, 4) is 0 Å². The van der Waals surface area contributed by atoms with E-state index in [1.54, 1.807) is 18.6 Å². The van der Waals surface area contributed by atoms with E-state index in [0.717, 1.165) is 23.7 Å². The van der Waals surface area contributed by atoms with Gasteiger partial charge in [0.15, 0.2) is 0 Å². The maximum absolute atomic E-state index is 12.1. The quantitative estimate of drug-likeness (QED) is 0.756. The molecule has 0 unspecified atom stereocenters. The van der Waals surface area contributed by atoms with E-state index in [1.165, 1.54) is 6.33 Å². The molecule has 0 aliphatic carbocycles. The Kier molecular flexibility index (Phi) is 5.72. The van der Waals surface area contributed by atoms with Crippen LogP contribution in [-0.4, -0.2) is 59.8 Å². The summed E-state index contributed by atoms with van der Waals surface area (Å²) in [6.45, 7) is 3.84. The standard InChI is InChI=1S/C18H25N5O3/c1-3-22(2)16-8-17(21-12-20-16)23-10-15(24)7-14(23)9-19-18(25)6-13-4-5-26-11-13/h4-5,8,11-12,14-15,24H,3,6-7,9-10H2,1-2H3,(H,19,25)/t14-,15-/m1/s1. The summed E-state index contributed by atoms with van der Waals surface area (Å²) in [5, 5.41) is 13.1. The number of hydrogen-bond donors (Lipinski definition) is 2. The third kappa shape index (κ3) is 4.32. The van der Waals surface area contributed by atoms with Crippen LogP contribution in [0.3, 0.4) is 0 Å². The number of nitrogens with zero attached hydrogens (tertiary/aromatic N) is 4. The lowest BCUT2D eigenvalue weighted by molar-refractivity contribution is -0.120. The first-order valence-corrected chi connectivity index (χ1v) is 8.82. The molecule has 0 saturated carbocycles. The maximum Gasteiger partial charge on any atom is 0.224 e. The highest BCUT2D eigenvalue weighted by Crippen LogP contribution is 2.25. The molecule has 0 bridgehead atoms. The van der Waals surface area contributed by atoms with E-state index in [2.05, 4.69) is 22.2 Å². The summed E-state index contributed by atoms with van der Waals surface area (Å²) in [6.07, 6.45) is 5.10. The lowest BCUT2D eigenvalue weighted by atomic mass is 10.2. The molecule has 8 heteroatoms. The Bertz CT molecular complexity index is 721. The second-order valence-electron chi connectivity index (χ2n) is 6.56. The van der Waals surface area contributed by atoms with Crippen molar-refractivity contribution in [3.63, 3.8) is 0 Å². The maximum atomic E-state index is 12.1. The number of aliphatic hydroxyl groups excluding tert-OH is 1. The molecule has 2 aromatic heterocycles. The third-order valence-electron chi connectivity index (χ3n) is 4.67. The summed E-state index contributed by atoms with van der Waals surface area (Å²) in [5.41, 5.74) is 0.842. The Morgan fingerprint density at radius 2 is 2.35 bits per heavy atom. The van der Waals surface area contributed by atoms with Gasteiger partial charge >= 0.3 is 0 Å². The fourth-order valence-electron chi connectivity index (χ4n) is 3.10. The normalized spacial score (nSPS) is 19.6. The van der Waals surface area contributed by atoms with Gasteiger partial charge in [-0.05, 0) is 25.0 Å². The lowest BCUT2D eigenvalue weighted by Gasteiger charge is -2.26. The Morgan fingerprint density at radius 3 is 3.08 bits per heavy atom. The molecule has 3 rings (SSSR count). The van der Waals surface area contributed by atoms with Crippen LogP contribution in [0.1, 0.15) is 18.9 Å². The number of aromatic nitrogens is 2. The molecule has 2 aromatic rings. The van der Waals surface area contributed by atoms with E-state index < -0.39 is 6.10 Å². The SMILES string of the molecule is CCN(C)c1cc(N2C[C@H](O)C[C@@H]2CNC(=O)Cc2ccoc2)ncn1. The minimum Gasteiger partial charge on any atom is -0.472 e. The van der Waals surface area contributed by atoms with Crippen LogP contribution in [0.2, 0.25) is 0 Å². The van der Waals surface area contributed by atoms with Crippen LogP contribution >= 0.6 is 0 Å². The number of furan rings is 1. The molecular weight excluding hydrogens is 334 g/mol. The topological polar surface area (TPSA) is 94.7 Å². The first-order chi connectivity index (χ1) is 12.6. The van der Waals surface area contributed by atoms with Gasteiger partial charge in [-0.15, -0.1) is 0 Å². The van der Waals surface area contributed by atoms with Crippen LogP contribution in [0.5, 0.6) is 0 Å². The van der Waals surface area contributed by atoms with Gasteiger partial charge < -0.3 is 24.6 Å². The number of aliphatic hydroxyl groups is 1. The number of rotatable bonds is 7. The Balaban J connectivity index is 1.64. The first-order valence-electron chi connectivity index (χ1n) is 8.82. The van der Waals surface area contributed by atoms with Crippen LogP contribution in [0.4, 0.5) is 11.6 Å². The Labute approximate surface area is 152 Å². The zero-order valence-electron chi connectivity index (χ0n) is 15.1. The van der Waals surface area contributed by atoms with Crippen LogP contribution in [-0.2, 0) is 11.2 Å². The Hall–Kier alpha value is -2.61. The minimum atomic E-state index is -0.437. The molecule has 1 fully saturated rings. The molecule has 2 N–H and O–H groups in total. The van der Waals surface area contributed by atoms with E-state index in [0.29, 0.717) is 19.5 Å². The molecule has 8 nitrogen and oxygen atoms in total. The highest BCUT2D eigenvalue weighted by atomic mass is 16.3. The molecule has 3 heterocycles. The molecule has 1 amide bonds. The number of hydrogen-bond acceptors (Lipinski definition) is 7. The molecule has 2 atom stereocenters. The molecule has 26 heavy (non-hydrogen) atoms. The van der Waals surface area contributed by atoms with E-state index in [-0.39, 0.29) is 18.4 Å². The van der Waals surface area contributed by atoms with Gasteiger partial charge in [-0.1, -0.05) is 0 Å². The van der Waals surface area contributed by atoms with Gasteiger partial charge in [0.25, 0.3) is 0 Å². The number of carbonyl (C=O) groups excluding carboxylic acids is 1. The van der Waals surface area contributed by atoms with E-state index in [4.69, 9.17) is 4.42 Å². The third-order valence-corrected chi connectivity index (χ3v) is 4.67.